The van der Waals surface area contributed by atoms with Crippen molar-refractivity contribution >= 4 is 0 Å². The predicted molar refractivity (Wildman–Crippen MR) is 39.3 cm³/mol. The van der Waals surface area contributed by atoms with E-state index in [-0.39, 0.29) is 14.9 Å². The lowest BCUT2D eigenvalue weighted by Crippen LogP contribution is -2.35. The Morgan fingerprint density at radius 3 is 0.900 bits per heavy atom. The van der Waals surface area contributed by atoms with Crippen LogP contribution in [0.25, 0.3) is 0 Å². The van der Waals surface area contributed by atoms with Crippen LogP contribution in [0.3, 0.4) is 0 Å². The molecular formula is C7H17F3. The number of hydrogen-bond acceptors (Lipinski definition) is 0. The van der Waals surface area contributed by atoms with E-state index in [1.165, 1.54) is 0 Å². The highest BCUT2D eigenvalue weighted by Gasteiger charge is 2.42. The maximum absolute atomic E-state index is 12.1. The SMILES string of the molecule is C.C.CC(C)(F)C(C)(F)F. The van der Waals surface area contributed by atoms with E-state index in [1.807, 2.05) is 0 Å². The zero-order chi connectivity index (χ0) is 7.00. The second kappa shape index (κ2) is 3.84. The van der Waals surface area contributed by atoms with Crippen LogP contribution in [0.15, 0.2) is 0 Å². The van der Waals surface area contributed by atoms with Crippen LogP contribution in [0.5, 0.6) is 0 Å². The first kappa shape index (κ1) is 16.4. The third-order valence-corrected chi connectivity index (χ3v) is 1.04. The summed E-state index contributed by atoms with van der Waals surface area (Å²) < 4.78 is 35.9. The second-order valence-corrected chi connectivity index (χ2v) is 2.36. The minimum Gasteiger partial charge on any atom is -0.238 e. The maximum atomic E-state index is 12.1. The van der Waals surface area contributed by atoms with Crippen LogP contribution in [-0.4, -0.2) is 11.6 Å². The summed E-state index contributed by atoms with van der Waals surface area (Å²) in [4.78, 5) is 0. The van der Waals surface area contributed by atoms with Crippen molar-refractivity contribution in [3.63, 3.8) is 0 Å². The number of halogens is 3. The molecule has 3 heteroatoms. The van der Waals surface area contributed by atoms with Crippen molar-refractivity contribution in [1.82, 2.24) is 0 Å². The van der Waals surface area contributed by atoms with Gasteiger partial charge in [0.1, 0.15) is 0 Å². The topological polar surface area (TPSA) is 0 Å². The van der Waals surface area contributed by atoms with Gasteiger partial charge in [-0.15, -0.1) is 0 Å². The monoisotopic (exact) mass is 158 g/mol. The molecule has 10 heavy (non-hydrogen) atoms. The van der Waals surface area contributed by atoms with Gasteiger partial charge in [0, 0.05) is 6.92 Å². The van der Waals surface area contributed by atoms with Gasteiger partial charge in [0.05, 0.1) is 0 Å². The average molecular weight is 158 g/mol. The van der Waals surface area contributed by atoms with E-state index in [9.17, 15) is 13.2 Å². The molecule has 0 saturated heterocycles. The molecule has 0 rings (SSSR count). The Hall–Kier alpha value is -0.210. The number of hydrogen-bond donors (Lipinski definition) is 0. The van der Waals surface area contributed by atoms with E-state index in [1.54, 1.807) is 0 Å². The lowest BCUT2D eigenvalue weighted by molar-refractivity contribution is -0.104. The highest BCUT2D eigenvalue weighted by molar-refractivity contribution is 4.80. The normalized spacial score (nSPS) is 11.4. The molecule has 0 radical (unpaired) electrons. The summed E-state index contributed by atoms with van der Waals surface area (Å²) >= 11 is 0. The maximum Gasteiger partial charge on any atom is 0.278 e. The molecule has 0 unspecified atom stereocenters. The van der Waals surface area contributed by atoms with Gasteiger partial charge < -0.3 is 0 Å². The fourth-order valence-corrected chi connectivity index (χ4v) is 0. The molecule has 0 aromatic carbocycles. The standard InChI is InChI=1S/C5H9F3.2CH4/c1-4(2,6)5(3,7)8;;/h1-3H3;2*1H4. The molecule has 0 nitrogen and oxygen atoms in total. The van der Waals surface area contributed by atoms with E-state index in [4.69, 9.17) is 0 Å². The average Bonchev–Trinajstić information content (AvgIpc) is 1.25. The van der Waals surface area contributed by atoms with Crippen molar-refractivity contribution in [2.24, 2.45) is 0 Å². The van der Waals surface area contributed by atoms with Gasteiger partial charge in [-0.05, 0) is 13.8 Å². The summed E-state index contributed by atoms with van der Waals surface area (Å²) in [5.41, 5.74) is -2.40. The minimum absolute atomic E-state index is 0. The Morgan fingerprint density at radius 1 is 0.800 bits per heavy atom. The number of alkyl halides is 3. The fraction of sp³-hybridized carbons (Fsp3) is 1.00. The van der Waals surface area contributed by atoms with Gasteiger partial charge in [-0.2, -0.15) is 0 Å². The molecule has 66 valence electrons. The smallest absolute Gasteiger partial charge is 0.238 e. The molecule has 0 atom stereocenters. The van der Waals surface area contributed by atoms with E-state index >= 15 is 0 Å². The van der Waals surface area contributed by atoms with Crippen molar-refractivity contribution < 1.29 is 13.2 Å². The van der Waals surface area contributed by atoms with E-state index in [0.717, 1.165) is 13.8 Å². The van der Waals surface area contributed by atoms with Gasteiger partial charge in [0.25, 0.3) is 5.92 Å². The van der Waals surface area contributed by atoms with Crippen LogP contribution in [0.4, 0.5) is 13.2 Å². The minimum atomic E-state index is -3.23. The Labute approximate surface area is 61.4 Å². The Bertz CT molecular complexity index is 63.8. The molecule has 0 aliphatic carbocycles. The second-order valence-electron chi connectivity index (χ2n) is 2.36. The van der Waals surface area contributed by atoms with Crippen molar-refractivity contribution in [2.75, 3.05) is 0 Å². The lowest BCUT2D eigenvalue weighted by Gasteiger charge is -2.21. The Morgan fingerprint density at radius 2 is 0.900 bits per heavy atom. The first-order valence-electron chi connectivity index (χ1n) is 2.32. The number of rotatable bonds is 1. The van der Waals surface area contributed by atoms with Gasteiger partial charge >= 0.3 is 0 Å². The summed E-state index contributed by atoms with van der Waals surface area (Å²) in [5, 5.41) is 0. The van der Waals surface area contributed by atoms with Crippen LogP contribution in [0.1, 0.15) is 35.6 Å². The zero-order valence-electron chi connectivity index (χ0n) is 5.13. The summed E-state index contributed by atoms with van der Waals surface area (Å²) in [6.07, 6.45) is 0. The van der Waals surface area contributed by atoms with Crippen LogP contribution < -0.4 is 0 Å². The summed E-state index contributed by atoms with van der Waals surface area (Å²) in [5.74, 6) is -3.23. The van der Waals surface area contributed by atoms with E-state index < -0.39 is 11.6 Å². The molecule has 0 saturated carbocycles. The van der Waals surface area contributed by atoms with E-state index in [0.29, 0.717) is 6.92 Å². The first-order valence-corrected chi connectivity index (χ1v) is 2.32. The van der Waals surface area contributed by atoms with Crippen molar-refractivity contribution in [3.8, 4) is 0 Å². The quantitative estimate of drug-likeness (QED) is 0.546. The molecule has 0 fully saturated rings. The van der Waals surface area contributed by atoms with Gasteiger partial charge in [0.15, 0.2) is 5.67 Å². The van der Waals surface area contributed by atoms with Crippen LogP contribution in [0, 0.1) is 0 Å². The van der Waals surface area contributed by atoms with E-state index in [2.05, 4.69) is 0 Å². The molecule has 0 heterocycles. The lowest BCUT2D eigenvalue weighted by atomic mass is 10.1. The molecule has 0 aromatic rings. The fourth-order valence-electron chi connectivity index (χ4n) is 0. The third kappa shape index (κ3) is 4.65. The molecule has 0 aliphatic heterocycles. The summed E-state index contributed by atoms with van der Waals surface area (Å²) in [6, 6.07) is 0. The molecule has 0 bridgehead atoms. The summed E-state index contributed by atoms with van der Waals surface area (Å²) in [6.45, 7) is 2.27. The van der Waals surface area contributed by atoms with Crippen LogP contribution in [-0.2, 0) is 0 Å². The molecule has 0 aromatic heterocycles. The Balaban J connectivity index is -0.000000245. The summed E-state index contributed by atoms with van der Waals surface area (Å²) in [7, 11) is 0. The molecule has 0 spiro atoms. The predicted octanol–water partition coefficient (Wildman–Crippen LogP) is 3.66. The van der Waals surface area contributed by atoms with Crippen molar-refractivity contribution in [1.29, 1.82) is 0 Å². The van der Waals surface area contributed by atoms with Gasteiger partial charge in [-0.25, -0.2) is 13.2 Å². The molecule has 0 N–H and O–H groups in total. The molecule has 0 aliphatic rings. The van der Waals surface area contributed by atoms with Crippen molar-refractivity contribution in [2.45, 2.75) is 47.2 Å². The first-order chi connectivity index (χ1) is 3.25. The Kier molecular flexibility index (Phi) is 6.30. The van der Waals surface area contributed by atoms with Crippen LogP contribution in [0.2, 0.25) is 0 Å². The van der Waals surface area contributed by atoms with Gasteiger partial charge in [0.2, 0.25) is 0 Å². The highest BCUT2D eigenvalue weighted by Crippen LogP contribution is 2.30. The van der Waals surface area contributed by atoms with Gasteiger partial charge in [-0.3, -0.25) is 0 Å². The zero-order valence-corrected chi connectivity index (χ0v) is 5.13. The van der Waals surface area contributed by atoms with Crippen LogP contribution >= 0.6 is 0 Å². The third-order valence-electron chi connectivity index (χ3n) is 1.04. The highest BCUT2D eigenvalue weighted by atomic mass is 19.3. The van der Waals surface area contributed by atoms with Crippen molar-refractivity contribution in [3.05, 3.63) is 0 Å². The van der Waals surface area contributed by atoms with Gasteiger partial charge in [-0.1, -0.05) is 14.9 Å². The molecular weight excluding hydrogens is 141 g/mol. The largest absolute Gasteiger partial charge is 0.278 e. The molecule has 0 amide bonds.